The first kappa shape index (κ1) is 20.6. The lowest BCUT2D eigenvalue weighted by Crippen LogP contribution is -2.26. The van der Waals surface area contributed by atoms with Crippen molar-refractivity contribution in [2.24, 2.45) is 0 Å². The predicted octanol–water partition coefficient (Wildman–Crippen LogP) is 3.38. The van der Waals surface area contributed by atoms with E-state index >= 15 is 0 Å². The molecule has 3 N–H and O–H groups in total. The van der Waals surface area contributed by atoms with Crippen LogP contribution in [-0.4, -0.2) is 40.4 Å². The summed E-state index contributed by atoms with van der Waals surface area (Å²) < 4.78 is 5.65. The summed E-state index contributed by atoms with van der Waals surface area (Å²) in [6.07, 6.45) is 5.21. The second-order valence-corrected chi connectivity index (χ2v) is 6.67. The summed E-state index contributed by atoms with van der Waals surface area (Å²) in [6.45, 7) is 2.12. The Morgan fingerprint density at radius 3 is 2.66 bits per heavy atom. The van der Waals surface area contributed by atoms with Gasteiger partial charge in [-0.05, 0) is 49.5 Å². The van der Waals surface area contributed by atoms with Gasteiger partial charge in [0.25, 0.3) is 0 Å². The van der Waals surface area contributed by atoms with E-state index in [-0.39, 0.29) is 18.1 Å². The van der Waals surface area contributed by atoms with Crippen LogP contribution in [0.5, 0.6) is 5.75 Å². The van der Waals surface area contributed by atoms with Crippen LogP contribution in [0.25, 0.3) is 11.3 Å². The van der Waals surface area contributed by atoms with Gasteiger partial charge in [0, 0.05) is 11.6 Å². The van der Waals surface area contributed by atoms with Gasteiger partial charge in [-0.2, -0.15) is 10.4 Å². The molecule has 3 heterocycles. The van der Waals surface area contributed by atoms with Gasteiger partial charge in [-0.3, -0.25) is 5.10 Å². The minimum atomic E-state index is 0. The summed E-state index contributed by atoms with van der Waals surface area (Å²) >= 11 is 0. The lowest BCUT2D eigenvalue weighted by atomic mass is 9.89. The maximum Gasteiger partial charge on any atom is 0.158 e. The van der Waals surface area contributed by atoms with Gasteiger partial charge in [0.1, 0.15) is 17.6 Å². The third kappa shape index (κ3) is 4.65. The molecular formula is C20H22ClN7O. The second kappa shape index (κ2) is 9.37. The van der Waals surface area contributed by atoms with Crippen molar-refractivity contribution in [1.82, 2.24) is 25.5 Å². The first-order valence-electron chi connectivity index (χ1n) is 9.20. The highest BCUT2D eigenvalue weighted by Crippen LogP contribution is 2.35. The fourth-order valence-corrected chi connectivity index (χ4v) is 3.44. The first-order chi connectivity index (χ1) is 13.8. The van der Waals surface area contributed by atoms with Crippen LogP contribution < -0.4 is 15.4 Å². The largest absolute Gasteiger partial charge is 0.496 e. The van der Waals surface area contributed by atoms with Gasteiger partial charge in [0.05, 0.1) is 25.2 Å². The summed E-state index contributed by atoms with van der Waals surface area (Å²) in [5, 5.41) is 22.6. The Balaban J connectivity index is 0.00000240. The van der Waals surface area contributed by atoms with E-state index in [1.54, 1.807) is 7.11 Å². The molecule has 1 fully saturated rings. The average Bonchev–Trinajstić information content (AvgIpc) is 3.22. The molecule has 0 radical (unpaired) electrons. The van der Waals surface area contributed by atoms with E-state index in [4.69, 9.17) is 10.00 Å². The van der Waals surface area contributed by atoms with Crippen molar-refractivity contribution >= 4 is 24.0 Å². The number of hydrogen-bond acceptors (Lipinski definition) is 7. The van der Waals surface area contributed by atoms with Crippen LogP contribution in [0, 0.1) is 11.3 Å². The van der Waals surface area contributed by atoms with Crippen LogP contribution in [0.1, 0.15) is 30.0 Å². The van der Waals surface area contributed by atoms with E-state index < -0.39 is 0 Å². The van der Waals surface area contributed by atoms with Crippen molar-refractivity contribution in [1.29, 1.82) is 5.26 Å². The van der Waals surface area contributed by atoms with Crippen molar-refractivity contribution in [3.05, 3.63) is 47.9 Å². The molecule has 29 heavy (non-hydrogen) atoms. The maximum atomic E-state index is 8.79. The molecule has 1 aliphatic heterocycles. The summed E-state index contributed by atoms with van der Waals surface area (Å²) in [6, 6.07) is 10.2. The number of nitrogens with zero attached hydrogens (tertiary/aromatic N) is 4. The topological polar surface area (TPSA) is 112 Å². The molecule has 150 valence electrons. The van der Waals surface area contributed by atoms with Gasteiger partial charge in [0.2, 0.25) is 0 Å². The minimum Gasteiger partial charge on any atom is -0.496 e. The molecule has 0 unspecified atom stereocenters. The zero-order chi connectivity index (χ0) is 19.3. The standard InChI is InChI=1S/C20H21N7O.ClH/c1-28-18-8-14(13-4-6-22-7-5-13)2-3-16(18)17-9-19(27-26-17)25-20-12-23-15(10-21)11-24-20;/h2-3,8-9,11-13,22H,4-7H2,1H3,(H2,24,25,26,27);1H. The number of aromatic amines is 1. The SMILES string of the molecule is COc1cc(C2CCNCC2)ccc1-c1cc(Nc2cnc(C#N)cn2)n[nH]1.Cl. The quantitative estimate of drug-likeness (QED) is 0.590. The molecule has 1 aromatic carbocycles. The molecule has 8 nitrogen and oxygen atoms in total. The number of ether oxygens (including phenoxy) is 1. The zero-order valence-corrected chi connectivity index (χ0v) is 16.8. The molecule has 0 amide bonds. The highest BCUT2D eigenvalue weighted by Gasteiger charge is 2.18. The van der Waals surface area contributed by atoms with Crippen molar-refractivity contribution in [3.8, 4) is 23.1 Å². The van der Waals surface area contributed by atoms with Crippen molar-refractivity contribution in [3.63, 3.8) is 0 Å². The molecule has 1 saturated heterocycles. The Bertz CT molecular complexity index is 991. The number of rotatable bonds is 5. The zero-order valence-electron chi connectivity index (χ0n) is 16.0. The Morgan fingerprint density at radius 1 is 1.14 bits per heavy atom. The summed E-state index contributed by atoms with van der Waals surface area (Å²) in [4.78, 5) is 8.14. The number of piperidine rings is 1. The lowest BCUT2D eigenvalue weighted by molar-refractivity contribution is 0.412. The number of nitrogens with one attached hydrogen (secondary N) is 3. The molecule has 0 aliphatic carbocycles. The molecule has 2 aromatic heterocycles. The highest BCUT2D eigenvalue weighted by molar-refractivity contribution is 5.85. The van der Waals surface area contributed by atoms with Crippen LogP contribution in [-0.2, 0) is 0 Å². The van der Waals surface area contributed by atoms with E-state index in [2.05, 4.69) is 49.0 Å². The Hall–Kier alpha value is -3.15. The molecule has 0 bridgehead atoms. The van der Waals surface area contributed by atoms with E-state index in [1.807, 2.05) is 12.1 Å². The van der Waals surface area contributed by atoms with Gasteiger partial charge in [-0.1, -0.05) is 6.07 Å². The summed E-state index contributed by atoms with van der Waals surface area (Å²) in [5.74, 6) is 2.52. The average molecular weight is 412 g/mol. The number of nitriles is 1. The summed E-state index contributed by atoms with van der Waals surface area (Å²) in [5.41, 5.74) is 3.38. The Morgan fingerprint density at radius 2 is 1.97 bits per heavy atom. The van der Waals surface area contributed by atoms with Crippen LogP contribution in [0.15, 0.2) is 36.7 Å². The predicted molar refractivity (Wildman–Crippen MR) is 113 cm³/mol. The maximum absolute atomic E-state index is 8.79. The number of methoxy groups -OCH3 is 1. The number of benzene rings is 1. The van der Waals surface area contributed by atoms with Gasteiger partial charge in [-0.25, -0.2) is 9.97 Å². The van der Waals surface area contributed by atoms with Crippen LogP contribution in [0.2, 0.25) is 0 Å². The molecule has 9 heteroatoms. The monoisotopic (exact) mass is 411 g/mol. The molecule has 1 aliphatic rings. The highest BCUT2D eigenvalue weighted by atomic mass is 35.5. The van der Waals surface area contributed by atoms with E-state index in [9.17, 15) is 0 Å². The van der Waals surface area contributed by atoms with E-state index in [0.29, 0.717) is 17.6 Å². The van der Waals surface area contributed by atoms with Crippen LogP contribution in [0.3, 0.4) is 0 Å². The first-order valence-corrected chi connectivity index (χ1v) is 9.20. The minimum absolute atomic E-state index is 0. The number of halogens is 1. The smallest absolute Gasteiger partial charge is 0.158 e. The Kier molecular flexibility index (Phi) is 6.65. The Labute approximate surface area is 175 Å². The van der Waals surface area contributed by atoms with Crippen molar-refractivity contribution in [2.75, 3.05) is 25.5 Å². The van der Waals surface area contributed by atoms with Gasteiger partial charge < -0.3 is 15.4 Å². The van der Waals surface area contributed by atoms with Gasteiger partial charge in [0.15, 0.2) is 11.5 Å². The van der Waals surface area contributed by atoms with Crippen LogP contribution >= 0.6 is 12.4 Å². The lowest BCUT2D eigenvalue weighted by Gasteiger charge is -2.23. The van der Waals surface area contributed by atoms with Crippen molar-refractivity contribution < 1.29 is 4.74 Å². The molecule has 0 spiro atoms. The van der Waals surface area contributed by atoms with Crippen molar-refractivity contribution in [2.45, 2.75) is 18.8 Å². The third-order valence-electron chi connectivity index (χ3n) is 4.93. The summed E-state index contributed by atoms with van der Waals surface area (Å²) in [7, 11) is 1.69. The molecule has 4 rings (SSSR count). The van der Waals surface area contributed by atoms with Crippen LogP contribution in [0.4, 0.5) is 11.6 Å². The molecule has 0 atom stereocenters. The molecule has 3 aromatic rings. The van der Waals surface area contributed by atoms with E-state index in [0.717, 1.165) is 42.9 Å². The number of aromatic nitrogens is 4. The number of hydrogen-bond donors (Lipinski definition) is 3. The number of H-pyrrole nitrogens is 1. The molecular weight excluding hydrogens is 390 g/mol. The fraction of sp³-hybridized carbons (Fsp3) is 0.300. The fourth-order valence-electron chi connectivity index (χ4n) is 3.44. The van der Waals surface area contributed by atoms with E-state index in [1.165, 1.54) is 18.0 Å². The molecule has 0 saturated carbocycles. The third-order valence-corrected chi connectivity index (χ3v) is 4.93. The van der Waals surface area contributed by atoms with Gasteiger partial charge in [-0.15, -0.1) is 12.4 Å². The second-order valence-electron chi connectivity index (χ2n) is 6.67. The normalized spacial score (nSPS) is 13.9. The number of anilines is 2. The van der Waals surface area contributed by atoms with Gasteiger partial charge >= 0.3 is 0 Å².